The van der Waals surface area contributed by atoms with E-state index in [1.807, 2.05) is 6.33 Å². The highest BCUT2D eigenvalue weighted by atomic mass is 16.3. The van der Waals surface area contributed by atoms with E-state index in [0.29, 0.717) is 6.54 Å². The molecule has 0 amide bonds. The van der Waals surface area contributed by atoms with Crippen molar-refractivity contribution in [3.05, 3.63) is 29.6 Å². The van der Waals surface area contributed by atoms with Gasteiger partial charge in [0.1, 0.15) is 0 Å². The Balaban J connectivity index is 1.51. The normalized spacial score (nSPS) is 18.1. The zero-order valence-electron chi connectivity index (χ0n) is 16.8. The van der Waals surface area contributed by atoms with Crippen LogP contribution in [0.15, 0.2) is 18.5 Å². The van der Waals surface area contributed by atoms with Crippen LogP contribution in [0.5, 0.6) is 0 Å². The summed E-state index contributed by atoms with van der Waals surface area (Å²) in [4.78, 5) is 9.19. The number of aliphatic hydroxyl groups is 1. The number of rotatable bonds is 7. The second kappa shape index (κ2) is 8.51. The lowest BCUT2D eigenvalue weighted by molar-refractivity contribution is 0.0769. The lowest BCUT2D eigenvalue weighted by Gasteiger charge is -2.33. The summed E-state index contributed by atoms with van der Waals surface area (Å²) in [7, 11) is 4.29. The van der Waals surface area contributed by atoms with Gasteiger partial charge in [-0.3, -0.25) is 0 Å². The van der Waals surface area contributed by atoms with Crippen molar-refractivity contribution in [3.8, 4) is 0 Å². The third kappa shape index (κ3) is 4.84. The highest BCUT2D eigenvalue weighted by Gasteiger charge is 2.21. The van der Waals surface area contributed by atoms with Gasteiger partial charge < -0.3 is 19.5 Å². The van der Waals surface area contributed by atoms with Gasteiger partial charge in [-0.15, -0.1) is 0 Å². The maximum Gasteiger partial charge on any atom is 0.0959 e. The average Bonchev–Trinajstić information content (AvgIpc) is 2.96. The number of aliphatic hydroxyl groups excluding tert-OH is 1. The van der Waals surface area contributed by atoms with Crippen LogP contribution in [0, 0.1) is 19.8 Å². The van der Waals surface area contributed by atoms with E-state index < -0.39 is 0 Å². The minimum absolute atomic E-state index is 0.354. The molecule has 1 aliphatic rings. The number of piperidine rings is 1. The Morgan fingerprint density at radius 2 is 1.85 bits per heavy atom. The van der Waals surface area contributed by atoms with Crippen LogP contribution >= 0.6 is 0 Å². The topological polar surface area (TPSA) is 44.5 Å². The molecule has 1 fully saturated rings. The van der Waals surface area contributed by atoms with Gasteiger partial charge in [-0.05, 0) is 96.0 Å². The first-order chi connectivity index (χ1) is 12.4. The lowest BCUT2D eigenvalue weighted by atomic mass is 9.93. The second-order valence-corrected chi connectivity index (χ2v) is 8.31. The van der Waals surface area contributed by atoms with Gasteiger partial charge >= 0.3 is 0 Å². The molecule has 144 valence electrons. The number of aryl methyl sites for hydroxylation is 2. The first kappa shape index (κ1) is 19.3. The molecular formula is C21H34N4O. The molecule has 1 aliphatic heterocycles. The minimum Gasteiger partial charge on any atom is -0.390 e. The van der Waals surface area contributed by atoms with Crippen LogP contribution in [0.3, 0.4) is 0 Å². The standard InChI is InChI=1S/C21H34N4O/c1-16-11-20-21(12-17(16)2)25(15-22-20)14-19(26)13-24-9-6-18(7-10-24)5-8-23(3)4/h11-12,15,18-19,26H,5-10,13-14H2,1-4H3/t19-/m1/s1. The molecule has 2 aromatic rings. The van der Waals surface area contributed by atoms with E-state index in [2.05, 4.69) is 59.4 Å². The van der Waals surface area contributed by atoms with Crippen LogP contribution in [0.4, 0.5) is 0 Å². The Kier molecular flexibility index (Phi) is 6.33. The van der Waals surface area contributed by atoms with E-state index in [1.54, 1.807) is 0 Å². The van der Waals surface area contributed by atoms with Crippen LogP contribution in [-0.2, 0) is 6.54 Å². The zero-order valence-corrected chi connectivity index (χ0v) is 16.8. The van der Waals surface area contributed by atoms with Crippen molar-refractivity contribution in [2.75, 3.05) is 40.3 Å². The number of hydrogen-bond donors (Lipinski definition) is 1. The Morgan fingerprint density at radius 3 is 2.54 bits per heavy atom. The molecule has 1 aromatic carbocycles. The van der Waals surface area contributed by atoms with E-state index in [1.165, 1.54) is 36.9 Å². The Morgan fingerprint density at radius 1 is 1.15 bits per heavy atom. The van der Waals surface area contributed by atoms with Gasteiger partial charge in [0.15, 0.2) is 0 Å². The fourth-order valence-electron chi connectivity index (χ4n) is 3.94. The molecule has 1 atom stereocenters. The number of fused-ring (bicyclic) bond motifs is 1. The summed E-state index contributed by atoms with van der Waals surface area (Å²) in [5.41, 5.74) is 4.67. The van der Waals surface area contributed by atoms with E-state index >= 15 is 0 Å². The predicted molar refractivity (Wildman–Crippen MR) is 108 cm³/mol. The first-order valence-electron chi connectivity index (χ1n) is 9.89. The van der Waals surface area contributed by atoms with Crippen LogP contribution in [0.25, 0.3) is 11.0 Å². The molecule has 5 nitrogen and oxygen atoms in total. The third-order valence-corrected chi connectivity index (χ3v) is 5.80. The monoisotopic (exact) mass is 358 g/mol. The van der Waals surface area contributed by atoms with Gasteiger partial charge in [-0.25, -0.2) is 4.98 Å². The Bertz CT molecular complexity index is 716. The molecule has 0 radical (unpaired) electrons. The number of hydrogen-bond acceptors (Lipinski definition) is 4. The van der Waals surface area contributed by atoms with E-state index in [9.17, 15) is 5.11 Å². The fourth-order valence-corrected chi connectivity index (χ4v) is 3.94. The number of aromatic nitrogens is 2. The highest BCUT2D eigenvalue weighted by Crippen LogP contribution is 2.22. The molecule has 3 rings (SSSR count). The van der Waals surface area contributed by atoms with Gasteiger partial charge in [0.25, 0.3) is 0 Å². The van der Waals surface area contributed by atoms with E-state index in [4.69, 9.17) is 0 Å². The summed E-state index contributed by atoms with van der Waals surface area (Å²) in [6.07, 6.45) is 5.32. The number of β-amino-alcohol motifs (C(OH)–C–C–N with tert-alkyl or cyclic N) is 1. The quantitative estimate of drug-likeness (QED) is 0.826. The van der Waals surface area contributed by atoms with E-state index in [-0.39, 0.29) is 6.10 Å². The van der Waals surface area contributed by atoms with Crippen molar-refractivity contribution in [2.24, 2.45) is 5.92 Å². The molecular weight excluding hydrogens is 324 g/mol. The van der Waals surface area contributed by atoms with Crippen molar-refractivity contribution >= 4 is 11.0 Å². The molecule has 5 heteroatoms. The van der Waals surface area contributed by atoms with Gasteiger partial charge in [0.05, 0.1) is 30.0 Å². The number of benzene rings is 1. The zero-order chi connectivity index (χ0) is 18.7. The summed E-state index contributed by atoms with van der Waals surface area (Å²) in [6.45, 7) is 9.01. The fraction of sp³-hybridized carbons (Fsp3) is 0.667. The number of nitrogens with zero attached hydrogens (tertiary/aromatic N) is 4. The smallest absolute Gasteiger partial charge is 0.0959 e. The van der Waals surface area contributed by atoms with Crippen molar-refractivity contribution in [2.45, 2.75) is 45.8 Å². The summed E-state index contributed by atoms with van der Waals surface area (Å²) in [5.74, 6) is 0.842. The van der Waals surface area contributed by atoms with Crippen LogP contribution in [0.2, 0.25) is 0 Å². The van der Waals surface area contributed by atoms with E-state index in [0.717, 1.165) is 36.6 Å². The van der Waals surface area contributed by atoms with Crippen LogP contribution in [0.1, 0.15) is 30.4 Å². The summed E-state index contributed by atoms with van der Waals surface area (Å²) >= 11 is 0. The molecule has 1 N–H and O–H groups in total. The second-order valence-electron chi connectivity index (χ2n) is 8.31. The van der Waals surface area contributed by atoms with Crippen molar-refractivity contribution < 1.29 is 5.11 Å². The SMILES string of the molecule is Cc1cc2ncn(C[C@H](O)CN3CCC(CCN(C)C)CC3)c2cc1C. The van der Waals surface area contributed by atoms with Crippen LogP contribution in [-0.4, -0.2) is 70.8 Å². The Hall–Kier alpha value is -1.43. The van der Waals surface area contributed by atoms with Crippen molar-refractivity contribution in [1.82, 2.24) is 19.4 Å². The molecule has 1 saturated heterocycles. The Labute approximate surface area is 157 Å². The number of imidazole rings is 1. The molecule has 2 heterocycles. The van der Waals surface area contributed by atoms with Crippen LogP contribution < -0.4 is 0 Å². The summed E-state index contributed by atoms with van der Waals surface area (Å²) in [6, 6.07) is 4.31. The summed E-state index contributed by atoms with van der Waals surface area (Å²) < 4.78 is 2.09. The summed E-state index contributed by atoms with van der Waals surface area (Å²) in [5, 5.41) is 10.6. The lowest BCUT2D eigenvalue weighted by Crippen LogP contribution is -2.40. The first-order valence-corrected chi connectivity index (χ1v) is 9.89. The van der Waals surface area contributed by atoms with Gasteiger partial charge in [0, 0.05) is 6.54 Å². The molecule has 0 bridgehead atoms. The predicted octanol–water partition coefficient (Wildman–Crippen LogP) is 2.68. The van der Waals surface area contributed by atoms with Gasteiger partial charge in [0.2, 0.25) is 0 Å². The van der Waals surface area contributed by atoms with Gasteiger partial charge in [-0.1, -0.05) is 0 Å². The highest BCUT2D eigenvalue weighted by molar-refractivity contribution is 5.77. The third-order valence-electron chi connectivity index (χ3n) is 5.80. The molecule has 0 aliphatic carbocycles. The maximum atomic E-state index is 10.6. The maximum absolute atomic E-state index is 10.6. The molecule has 0 saturated carbocycles. The average molecular weight is 359 g/mol. The minimum atomic E-state index is -0.354. The molecule has 0 spiro atoms. The number of likely N-dealkylation sites (tertiary alicyclic amines) is 1. The van der Waals surface area contributed by atoms with Crippen molar-refractivity contribution in [1.29, 1.82) is 0 Å². The molecule has 1 aromatic heterocycles. The molecule has 26 heavy (non-hydrogen) atoms. The molecule has 0 unspecified atom stereocenters. The largest absolute Gasteiger partial charge is 0.390 e. The van der Waals surface area contributed by atoms with Gasteiger partial charge in [-0.2, -0.15) is 0 Å². The van der Waals surface area contributed by atoms with Crippen molar-refractivity contribution in [3.63, 3.8) is 0 Å².